The Bertz CT molecular complexity index is 822. The van der Waals surface area contributed by atoms with Crippen molar-refractivity contribution in [2.24, 2.45) is 5.92 Å². The summed E-state index contributed by atoms with van der Waals surface area (Å²) < 4.78 is 5.78. The van der Waals surface area contributed by atoms with Crippen LogP contribution in [0.4, 0.5) is 4.79 Å². The molecule has 2 aromatic carbocycles. The minimum Gasteiger partial charge on any atom is -0.381 e. The Morgan fingerprint density at radius 1 is 1.04 bits per heavy atom. The molecular formula is C23H26N2O2. The van der Waals surface area contributed by atoms with Gasteiger partial charge in [0, 0.05) is 31.0 Å². The van der Waals surface area contributed by atoms with Gasteiger partial charge in [-0.05, 0) is 36.0 Å². The Morgan fingerprint density at radius 2 is 1.85 bits per heavy atom. The fourth-order valence-electron chi connectivity index (χ4n) is 5.23. The topological polar surface area (TPSA) is 41.6 Å². The number of carbonyl (C=O) groups excluding carboxylic acids is 1. The van der Waals surface area contributed by atoms with E-state index in [0.717, 1.165) is 39.0 Å². The van der Waals surface area contributed by atoms with E-state index in [-0.39, 0.29) is 18.1 Å². The molecule has 2 aromatic rings. The summed E-state index contributed by atoms with van der Waals surface area (Å²) in [7, 11) is 0. The van der Waals surface area contributed by atoms with E-state index in [4.69, 9.17) is 4.74 Å². The van der Waals surface area contributed by atoms with Gasteiger partial charge in [0.25, 0.3) is 0 Å². The zero-order chi connectivity index (χ0) is 18.2. The number of amides is 2. The van der Waals surface area contributed by atoms with Crippen LogP contribution < -0.4 is 5.32 Å². The van der Waals surface area contributed by atoms with Crippen molar-refractivity contribution in [3.05, 3.63) is 71.3 Å². The molecule has 140 valence electrons. The van der Waals surface area contributed by atoms with Crippen LogP contribution >= 0.6 is 0 Å². The summed E-state index contributed by atoms with van der Waals surface area (Å²) in [5.41, 5.74) is 3.98. The van der Waals surface area contributed by atoms with E-state index < -0.39 is 0 Å². The van der Waals surface area contributed by atoms with E-state index in [1.807, 2.05) is 0 Å². The predicted octanol–water partition coefficient (Wildman–Crippen LogP) is 3.89. The van der Waals surface area contributed by atoms with Crippen LogP contribution in [0.3, 0.4) is 0 Å². The van der Waals surface area contributed by atoms with Crippen molar-refractivity contribution in [1.29, 1.82) is 0 Å². The van der Waals surface area contributed by atoms with Crippen molar-refractivity contribution in [3.63, 3.8) is 0 Å². The Balaban J connectivity index is 1.36. The minimum atomic E-state index is 0.0898. The van der Waals surface area contributed by atoms with Gasteiger partial charge in [-0.15, -0.1) is 0 Å². The summed E-state index contributed by atoms with van der Waals surface area (Å²) in [6.45, 7) is 2.28. The average molecular weight is 362 g/mol. The molecule has 3 unspecified atom stereocenters. The fraction of sp³-hybridized carbons (Fsp3) is 0.435. The normalized spacial score (nSPS) is 29.3. The number of hydrogen-bond donors (Lipinski definition) is 1. The highest BCUT2D eigenvalue weighted by molar-refractivity contribution is 5.76. The maximum atomic E-state index is 13.2. The second-order valence-corrected chi connectivity index (χ2v) is 8.00. The van der Waals surface area contributed by atoms with Crippen LogP contribution in [0.15, 0.2) is 54.6 Å². The van der Waals surface area contributed by atoms with Gasteiger partial charge in [0.05, 0.1) is 12.6 Å². The summed E-state index contributed by atoms with van der Waals surface area (Å²) in [6.07, 6.45) is 2.98. The molecule has 1 aliphatic carbocycles. The zero-order valence-electron chi connectivity index (χ0n) is 15.5. The number of hydrogen-bond acceptors (Lipinski definition) is 2. The number of benzene rings is 2. The van der Waals surface area contributed by atoms with Crippen LogP contribution in [-0.4, -0.2) is 36.7 Å². The van der Waals surface area contributed by atoms with Gasteiger partial charge in [0.1, 0.15) is 0 Å². The molecule has 2 fully saturated rings. The quantitative estimate of drug-likeness (QED) is 0.881. The lowest BCUT2D eigenvalue weighted by Crippen LogP contribution is -2.47. The lowest BCUT2D eigenvalue weighted by Gasteiger charge is -2.33. The number of nitrogens with zero attached hydrogens (tertiary/aromatic N) is 1. The molecule has 4 heteroatoms. The van der Waals surface area contributed by atoms with Crippen molar-refractivity contribution in [2.45, 2.75) is 37.3 Å². The molecule has 3 aliphatic rings. The number of rotatable bonds is 2. The highest BCUT2D eigenvalue weighted by Gasteiger charge is 2.46. The zero-order valence-corrected chi connectivity index (χ0v) is 15.5. The van der Waals surface area contributed by atoms with Crippen molar-refractivity contribution in [3.8, 4) is 0 Å². The van der Waals surface area contributed by atoms with E-state index in [2.05, 4.69) is 64.8 Å². The minimum absolute atomic E-state index is 0.0898. The molecule has 0 aromatic heterocycles. The number of aryl methyl sites for hydroxylation is 1. The largest absolute Gasteiger partial charge is 0.381 e. The molecular weight excluding hydrogens is 336 g/mol. The molecule has 2 amide bonds. The Morgan fingerprint density at radius 3 is 2.74 bits per heavy atom. The maximum Gasteiger partial charge on any atom is 0.318 e. The van der Waals surface area contributed by atoms with Gasteiger partial charge in [-0.1, -0.05) is 54.6 Å². The van der Waals surface area contributed by atoms with Gasteiger partial charge >= 0.3 is 6.03 Å². The molecule has 2 saturated heterocycles. The second kappa shape index (κ2) is 7.01. The highest BCUT2D eigenvalue weighted by Crippen LogP contribution is 2.41. The third kappa shape index (κ3) is 3.02. The Hall–Kier alpha value is -2.33. The first-order valence-corrected chi connectivity index (χ1v) is 10.1. The van der Waals surface area contributed by atoms with Crippen LogP contribution in [0, 0.1) is 5.92 Å². The number of likely N-dealkylation sites (tertiary alicyclic amines) is 1. The van der Waals surface area contributed by atoms with Gasteiger partial charge in [0.2, 0.25) is 0 Å². The molecule has 4 atom stereocenters. The summed E-state index contributed by atoms with van der Waals surface area (Å²) in [4.78, 5) is 15.3. The van der Waals surface area contributed by atoms with Gasteiger partial charge in [-0.3, -0.25) is 0 Å². The standard InChI is InChI=1S/C23H26N2O2/c26-23(24-21-11-10-17-8-4-5-9-18(17)21)25-14-19(16-6-2-1-3-7-16)20-15-27-13-12-22(20)25/h1-9,19-22H,10-15H2,(H,24,26)/t19?,20?,21-,22?/m1/s1. The predicted molar refractivity (Wildman–Crippen MR) is 105 cm³/mol. The molecule has 27 heavy (non-hydrogen) atoms. The lowest BCUT2D eigenvalue weighted by atomic mass is 9.84. The van der Waals surface area contributed by atoms with Crippen LogP contribution in [-0.2, 0) is 11.2 Å². The average Bonchev–Trinajstić information content (AvgIpc) is 3.31. The van der Waals surface area contributed by atoms with Crippen LogP contribution in [0.5, 0.6) is 0 Å². The Kier molecular flexibility index (Phi) is 4.36. The monoisotopic (exact) mass is 362 g/mol. The molecule has 2 heterocycles. The van der Waals surface area contributed by atoms with E-state index in [1.54, 1.807) is 0 Å². The van der Waals surface area contributed by atoms with Gasteiger partial charge in [0.15, 0.2) is 0 Å². The molecule has 0 bridgehead atoms. The molecule has 0 radical (unpaired) electrons. The van der Waals surface area contributed by atoms with Crippen molar-refractivity contribution < 1.29 is 9.53 Å². The first kappa shape index (κ1) is 16.8. The van der Waals surface area contributed by atoms with Crippen LogP contribution in [0.2, 0.25) is 0 Å². The molecule has 5 rings (SSSR count). The third-order valence-corrected chi connectivity index (χ3v) is 6.59. The summed E-state index contributed by atoms with van der Waals surface area (Å²) >= 11 is 0. The third-order valence-electron chi connectivity index (χ3n) is 6.59. The fourth-order valence-corrected chi connectivity index (χ4v) is 5.23. The van der Waals surface area contributed by atoms with Gasteiger partial charge < -0.3 is 15.0 Å². The van der Waals surface area contributed by atoms with E-state index in [9.17, 15) is 4.79 Å². The molecule has 0 spiro atoms. The summed E-state index contributed by atoms with van der Waals surface area (Å²) in [6, 6.07) is 19.6. The van der Waals surface area contributed by atoms with Gasteiger partial charge in [-0.2, -0.15) is 0 Å². The van der Waals surface area contributed by atoms with Crippen molar-refractivity contribution >= 4 is 6.03 Å². The second-order valence-electron chi connectivity index (χ2n) is 8.00. The summed E-state index contributed by atoms with van der Waals surface area (Å²) in [5, 5.41) is 3.33. The SMILES string of the molecule is O=C(N[C@@H]1CCc2ccccc21)N1CC(c2ccccc2)C2COCCC21. The van der Waals surface area contributed by atoms with Crippen molar-refractivity contribution in [1.82, 2.24) is 10.2 Å². The highest BCUT2D eigenvalue weighted by atomic mass is 16.5. The molecule has 4 nitrogen and oxygen atoms in total. The van der Waals surface area contributed by atoms with Gasteiger partial charge in [-0.25, -0.2) is 4.79 Å². The number of nitrogens with one attached hydrogen (secondary N) is 1. The summed E-state index contributed by atoms with van der Waals surface area (Å²) in [5.74, 6) is 0.751. The smallest absolute Gasteiger partial charge is 0.318 e. The lowest BCUT2D eigenvalue weighted by molar-refractivity contribution is 0.0259. The first-order valence-electron chi connectivity index (χ1n) is 10.1. The Labute approximate surface area is 160 Å². The van der Waals surface area contributed by atoms with Crippen molar-refractivity contribution in [2.75, 3.05) is 19.8 Å². The van der Waals surface area contributed by atoms with Crippen LogP contribution in [0.1, 0.15) is 41.5 Å². The van der Waals surface area contributed by atoms with E-state index in [1.165, 1.54) is 16.7 Å². The molecule has 1 N–H and O–H groups in total. The van der Waals surface area contributed by atoms with Crippen LogP contribution in [0.25, 0.3) is 0 Å². The number of urea groups is 1. The number of carbonyl (C=O) groups is 1. The number of fused-ring (bicyclic) bond motifs is 2. The molecule has 0 saturated carbocycles. The first-order chi connectivity index (χ1) is 13.3. The van der Waals surface area contributed by atoms with E-state index >= 15 is 0 Å². The maximum absolute atomic E-state index is 13.2. The number of ether oxygens (including phenoxy) is 1. The molecule has 2 aliphatic heterocycles. The van der Waals surface area contributed by atoms with E-state index in [0.29, 0.717) is 11.8 Å².